The van der Waals surface area contributed by atoms with Gasteiger partial charge in [-0.15, -0.1) is 0 Å². The van der Waals surface area contributed by atoms with Gasteiger partial charge in [-0.05, 0) is 36.7 Å². The molecular formula is C11H12F3NO2S. The van der Waals surface area contributed by atoms with Gasteiger partial charge in [-0.3, -0.25) is 0 Å². The molecule has 3 nitrogen and oxygen atoms in total. The molecule has 0 saturated carbocycles. The molecule has 7 heteroatoms. The Morgan fingerprint density at radius 3 is 2.72 bits per heavy atom. The van der Waals surface area contributed by atoms with E-state index in [0.717, 1.165) is 30.6 Å². The van der Waals surface area contributed by atoms with E-state index in [1.807, 2.05) is 7.05 Å². The third-order valence-corrected chi connectivity index (χ3v) is 3.46. The maximum Gasteiger partial charge on any atom is 0.508 e. The number of halogens is 3. The van der Waals surface area contributed by atoms with Crippen LogP contribution in [0.25, 0.3) is 0 Å². The molecule has 1 aromatic rings. The van der Waals surface area contributed by atoms with Gasteiger partial charge in [0.25, 0.3) is 0 Å². The molecule has 1 atom stereocenters. The fourth-order valence-corrected chi connectivity index (χ4v) is 2.23. The molecule has 1 unspecified atom stereocenters. The molecule has 0 amide bonds. The van der Waals surface area contributed by atoms with Crippen molar-refractivity contribution in [2.75, 3.05) is 13.6 Å². The van der Waals surface area contributed by atoms with Crippen molar-refractivity contribution < 1.29 is 21.6 Å². The van der Waals surface area contributed by atoms with E-state index in [9.17, 15) is 17.4 Å². The number of hydrogen-bond acceptors (Lipinski definition) is 3. The molecular weight excluding hydrogens is 267 g/mol. The highest BCUT2D eigenvalue weighted by Crippen LogP contribution is 2.27. The van der Waals surface area contributed by atoms with Crippen LogP contribution in [0.15, 0.2) is 18.2 Å². The Bertz CT molecular complexity index is 476. The molecule has 1 aliphatic rings. The van der Waals surface area contributed by atoms with Gasteiger partial charge in [0, 0.05) is 13.1 Å². The SMILES string of the molecule is CN1CCc2cc(OS(=O)C(F)(F)F)ccc2C1. The van der Waals surface area contributed by atoms with Crippen LogP contribution in [0.5, 0.6) is 5.75 Å². The number of fused-ring (bicyclic) bond motifs is 1. The fraction of sp³-hybridized carbons (Fsp3) is 0.455. The Morgan fingerprint density at radius 1 is 1.33 bits per heavy atom. The first kappa shape index (κ1) is 13.4. The minimum absolute atomic E-state index is 0.00559. The normalized spacial score (nSPS) is 18.2. The Kier molecular flexibility index (Phi) is 3.63. The average Bonchev–Trinajstić information content (AvgIpc) is 2.28. The molecule has 0 aliphatic carbocycles. The Labute approximate surface area is 105 Å². The fourth-order valence-electron chi connectivity index (χ4n) is 1.86. The molecule has 1 aliphatic heterocycles. The zero-order valence-electron chi connectivity index (χ0n) is 9.66. The summed E-state index contributed by atoms with van der Waals surface area (Å²) in [6.07, 6.45) is 0.752. The third kappa shape index (κ3) is 3.02. The van der Waals surface area contributed by atoms with Crippen LogP contribution in [0.3, 0.4) is 0 Å². The number of benzene rings is 1. The summed E-state index contributed by atoms with van der Waals surface area (Å²) in [7, 11) is 1.98. The summed E-state index contributed by atoms with van der Waals surface area (Å²) in [5.74, 6) is -0.00559. The average molecular weight is 279 g/mol. The van der Waals surface area contributed by atoms with Gasteiger partial charge in [0.15, 0.2) is 0 Å². The third-order valence-electron chi connectivity index (χ3n) is 2.74. The number of rotatable bonds is 2. The van der Waals surface area contributed by atoms with E-state index in [2.05, 4.69) is 9.08 Å². The zero-order valence-corrected chi connectivity index (χ0v) is 10.5. The highest BCUT2D eigenvalue weighted by molar-refractivity contribution is 7.81. The Morgan fingerprint density at radius 2 is 2.06 bits per heavy atom. The van der Waals surface area contributed by atoms with Crippen LogP contribution < -0.4 is 4.18 Å². The van der Waals surface area contributed by atoms with Crippen LogP contribution in [-0.4, -0.2) is 28.2 Å². The molecule has 0 N–H and O–H groups in total. The molecule has 0 aromatic heterocycles. The number of nitrogens with zero attached hydrogens (tertiary/aromatic N) is 1. The highest BCUT2D eigenvalue weighted by atomic mass is 32.2. The first-order valence-electron chi connectivity index (χ1n) is 5.33. The van der Waals surface area contributed by atoms with Crippen molar-refractivity contribution in [2.24, 2.45) is 0 Å². The maximum atomic E-state index is 12.1. The van der Waals surface area contributed by atoms with E-state index in [4.69, 9.17) is 0 Å². The van der Waals surface area contributed by atoms with Crippen LogP contribution in [0, 0.1) is 0 Å². The maximum absolute atomic E-state index is 12.1. The van der Waals surface area contributed by atoms with Crippen molar-refractivity contribution in [3.63, 3.8) is 0 Å². The zero-order chi connectivity index (χ0) is 13.3. The summed E-state index contributed by atoms with van der Waals surface area (Å²) in [6, 6.07) is 4.67. The van der Waals surface area contributed by atoms with E-state index in [0.29, 0.717) is 0 Å². The second-order valence-corrected chi connectivity index (χ2v) is 5.28. The predicted molar refractivity (Wildman–Crippen MR) is 61.3 cm³/mol. The van der Waals surface area contributed by atoms with Crippen molar-refractivity contribution in [1.82, 2.24) is 4.90 Å². The lowest BCUT2D eigenvalue weighted by Crippen LogP contribution is -2.26. The van der Waals surface area contributed by atoms with Crippen LogP contribution >= 0.6 is 0 Å². The van der Waals surface area contributed by atoms with Crippen LogP contribution in [0.2, 0.25) is 0 Å². The molecule has 1 aromatic carbocycles. The molecule has 100 valence electrons. The Hall–Kier alpha value is -1.08. The van der Waals surface area contributed by atoms with Crippen molar-refractivity contribution in [3.8, 4) is 5.75 Å². The molecule has 0 radical (unpaired) electrons. The van der Waals surface area contributed by atoms with Crippen LogP contribution in [0.4, 0.5) is 13.2 Å². The van der Waals surface area contributed by atoms with Gasteiger partial charge in [-0.2, -0.15) is 13.2 Å². The second kappa shape index (κ2) is 4.89. The molecule has 1 heterocycles. The molecule has 2 rings (SSSR count). The standard InChI is InChI=1S/C11H12F3NO2S/c1-15-5-4-8-6-10(3-2-9(8)7-15)17-18(16)11(12,13)14/h2-3,6H,4-5,7H2,1H3. The van der Waals surface area contributed by atoms with Gasteiger partial charge >= 0.3 is 16.6 Å². The summed E-state index contributed by atoms with van der Waals surface area (Å²) >= 11 is -3.31. The first-order chi connectivity index (χ1) is 8.36. The molecule has 0 fully saturated rings. The summed E-state index contributed by atoms with van der Waals surface area (Å²) in [4.78, 5) is 2.12. The Balaban J connectivity index is 2.15. The van der Waals surface area contributed by atoms with Gasteiger partial charge in [0.05, 0.1) is 0 Å². The lowest BCUT2D eigenvalue weighted by atomic mass is 10.00. The molecule has 0 spiro atoms. The van der Waals surface area contributed by atoms with Crippen molar-refractivity contribution in [3.05, 3.63) is 29.3 Å². The number of likely N-dealkylation sites (N-methyl/N-ethyl adjacent to an activating group) is 1. The summed E-state index contributed by atoms with van der Waals surface area (Å²) < 4.78 is 51.5. The number of hydrogen-bond donors (Lipinski definition) is 0. The lowest BCUT2D eigenvalue weighted by Gasteiger charge is -2.25. The topological polar surface area (TPSA) is 29.5 Å². The van der Waals surface area contributed by atoms with Gasteiger partial charge in [0.2, 0.25) is 0 Å². The van der Waals surface area contributed by atoms with Gasteiger partial charge in [-0.1, -0.05) is 6.07 Å². The smallest absolute Gasteiger partial charge is 0.394 e. The van der Waals surface area contributed by atoms with Crippen molar-refractivity contribution >= 4 is 11.1 Å². The van der Waals surface area contributed by atoms with Gasteiger partial charge in [-0.25, -0.2) is 4.21 Å². The van der Waals surface area contributed by atoms with Crippen LogP contribution in [0.1, 0.15) is 11.1 Å². The first-order valence-corrected chi connectivity index (χ1v) is 6.41. The van der Waals surface area contributed by atoms with E-state index in [1.54, 1.807) is 6.07 Å². The van der Waals surface area contributed by atoms with Crippen molar-refractivity contribution in [2.45, 2.75) is 18.5 Å². The molecule has 0 saturated heterocycles. The van der Waals surface area contributed by atoms with Gasteiger partial charge in [0.1, 0.15) is 5.75 Å². The van der Waals surface area contributed by atoms with Crippen LogP contribution in [-0.2, 0) is 24.0 Å². The highest BCUT2D eigenvalue weighted by Gasteiger charge is 2.40. The minimum atomic E-state index is -4.85. The summed E-state index contributed by atoms with van der Waals surface area (Å²) in [6.45, 7) is 1.61. The van der Waals surface area contributed by atoms with E-state index in [1.165, 1.54) is 12.1 Å². The number of alkyl halides is 3. The van der Waals surface area contributed by atoms with Gasteiger partial charge < -0.3 is 9.08 Å². The monoisotopic (exact) mass is 279 g/mol. The molecule has 0 bridgehead atoms. The van der Waals surface area contributed by atoms with E-state index in [-0.39, 0.29) is 5.75 Å². The molecule has 18 heavy (non-hydrogen) atoms. The van der Waals surface area contributed by atoms with Crippen molar-refractivity contribution in [1.29, 1.82) is 0 Å². The largest absolute Gasteiger partial charge is 0.508 e. The quantitative estimate of drug-likeness (QED) is 0.831. The second-order valence-electron chi connectivity index (χ2n) is 4.18. The minimum Gasteiger partial charge on any atom is -0.394 e. The summed E-state index contributed by atoms with van der Waals surface area (Å²) in [5.41, 5.74) is -2.84. The van der Waals surface area contributed by atoms with E-state index >= 15 is 0 Å². The lowest BCUT2D eigenvalue weighted by molar-refractivity contribution is -0.0437. The van der Waals surface area contributed by atoms with E-state index < -0.39 is 16.6 Å². The predicted octanol–water partition coefficient (Wildman–Crippen LogP) is 2.24. The summed E-state index contributed by atoms with van der Waals surface area (Å²) in [5, 5.41) is 0.